The van der Waals surface area contributed by atoms with E-state index < -0.39 is 13.6 Å². The van der Waals surface area contributed by atoms with Crippen molar-refractivity contribution in [1.29, 1.82) is 0 Å². The standard InChI is InChI=1S/C10H8N2.Cr.4O/c1-3-7-11-9(5-1)10-6-2-4-8-12-10;;;;;/h1-8H;;;;;/q;;;;2*-1/p+2. The molecule has 0 unspecified atom stereocenters. The molecule has 0 aliphatic rings. The van der Waals surface area contributed by atoms with Crippen molar-refractivity contribution in [1.82, 2.24) is 0 Å². The quantitative estimate of drug-likeness (QED) is 0.621. The van der Waals surface area contributed by atoms with E-state index in [9.17, 15) is 0 Å². The summed E-state index contributed by atoms with van der Waals surface area (Å²) in [6.45, 7) is 0. The van der Waals surface area contributed by atoms with Gasteiger partial charge >= 0.3 is 29.5 Å². The van der Waals surface area contributed by atoms with Crippen molar-refractivity contribution in [2.24, 2.45) is 0 Å². The zero-order valence-electron chi connectivity index (χ0n) is 8.66. The normalized spacial score (nSPS) is 10.2. The third kappa shape index (κ3) is 6.50. The molecule has 17 heavy (non-hydrogen) atoms. The number of aromatic nitrogens is 2. The van der Waals surface area contributed by atoms with Crippen molar-refractivity contribution in [3.05, 3.63) is 48.8 Å². The Bertz CT molecular complexity index is 498. The van der Waals surface area contributed by atoms with Gasteiger partial charge in [0.05, 0.1) is 0 Å². The Labute approximate surface area is 100.0 Å². The number of aromatic amines is 2. The second-order valence-corrected chi connectivity index (χ2v) is 4.24. The Kier molecular flexibility index (Phi) is 4.88. The van der Waals surface area contributed by atoms with Crippen LogP contribution in [-0.2, 0) is 21.2 Å². The predicted molar refractivity (Wildman–Crippen MR) is 46.4 cm³/mol. The molecule has 0 aliphatic heterocycles. The SMILES string of the molecule is [O]=[Cr](=[O])([O-])[O-].c1ccc(-c2cccc[nH+]2)[nH+]c1. The fourth-order valence-electron chi connectivity index (χ4n) is 1.12. The Hall–Kier alpha value is -1.65. The van der Waals surface area contributed by atoms with E-state index in [0.29, 0.717) is 0 Å². The second-order valence-electron chi connectivity index (χ2n) is 2.96. The van der Waals surface area contributed by atoms with Gasteiger partial charge in [0.25, 0.3) is 11.4 Å². The summed E-state index contributed by atoms with van der Waals surface area (Å²) in [6, 6.07) is 12.0. The van der Waals surface area contributed by atoms with Crippen LogP contribution in [0.2, 0.25) is 0 Å². The molecule has 2 aromatic heterocycles. The maximum Gasteiger partial charge on any atom is 0.275 e. The third-order valence-corrected chi connectivity index (χ3v) is 1.71. The van der Waals surface area contributed by atoms with Crippen molar-refractivity contribution >= 4 is 0 Å². The van der Waals surface area contributed by atoms with Gasteiger partial charge in [-0.25, -0.2) is 9.97 Å². The minimum absolute atomic E-state index is 1.10. The molecule has 0 atom stereocenters. The van der Waals surface area contributed by atoms with Crippen LogP contribution in [0.4, 0.5) is 0 Å². The van der Waals surface area contributed by atoms with Crippen LogP contribution in [-0.4, -0.2) is 0 Å². The third-order valence-electron chi connectivity index (χ3n) is 1.71. The van der Waals surface area contributed by atoms with Gasteiger partial charge in [0.15, 0.2) is 12.4 Å². The Balaban J connectivity index is 0.000000249. The number of H-pyrrole nitrogens is 2. The topological polar surface area (TPSA) is 109 Å². The van der Waals surface area contributed by atoms with Crippen LogP contribution in [0.5, 0.6) is 0 Å². The molecule has 0 saturated carbocycles. The van der Waals surface area contributed by atoms with E-state index in [0.717, 1.165) is 11.4 Å². The molecule has 0 radical (unpaired) electrons. The minimum atomic E-state index is -5.75. The molecular weight excluding hydrogens is 264 g/mol. The van der Waals surface area contributed by atoms with Crippen LogP contribution in [0, 0.1) is 0 Å². The first-order valence-corrected chi connectivity index (χ1v) is 6.65. The van der Waals surface area contributed by atoms with Gasteiger partial charge in [-0.15, -0.1) is 0 Å². The molecular formula is C10H10CrN2O4. The molecule has 0 aliphatic carbocycles. The molecule has 2 rings (SSSR count). The Morgan fingerprint density at radius 2 is 1.18 bits per heavy atom. The van der Waals surface area contributed by atoms with Gasteiger partial charge in [0.2, 0.25) is 0 Å². The van der Waals surface area contributed by atoms with Crippen molar-refractivity contribution in [2.45, 2.75) is 0 Å². The molecule has 2 N–H and O–H groups in total. The molecule has 0 spiro atoms. The van der Waals surface area contributed by atoms with Crippen LogP contribution < -0.4 is 18.3 Å². The molecule has 6 nitrogen and oxygen atoms in total. The second kappa shape index (κ2) is 6.18. The van der Waals surface area contributed by atoms with Crippen molar-refractivity contribution in [3.63, 3.8) is 0 Å². The number of hydrogen-bond donors (Lipinski definition) is 0. The van der Waals surface area contributed by atoms with Crippen LogP contribution in [0.1, 0.15) is 0 Å². The zero-order valence-corrected chi connectivity index (χ0v) is 9.94. The van der Waals surface area contributed by atoms with Crippen LogP contribution in [0.15, 0.2) is 48.8 Å². The van der Waals surface area contributed by atoms with Gasteiger partial charge in [-0.2, -0.15) is 0 Å². The summed E-state index contributed by atoms with van der Waals surface area (Å²) in [5.74, 6) is 0. The van der Waals surface area contributed by atoms with Gasteiger partial charge in [-0.3, -0.25) is 0 Å². The molecule has 0 bridgehead atoms. The largest absolute Gasteiger partial charge is 0.275 e. The van der Waals surface area contributed by atoms with Gasteiger partial charge in [0.1, 0.15) is 0 Å². The average molecular weight is 274 g/mol. The van der Waals surface area contributed by atoms with E-state index in [1.54, 1.807) is 0 Å². The number of pyridine rings is 2. The minimum Gasteiger partial charge on any atom is -0.206 e. The van der Waals surface area contributed by atoms with Crippen molar-refractivity contribution < 1.29 is 39.5 Å². The molecule has 0 fully saturated rings. The van der Waals surface area contributed by atoms with Crippen molar-refractivity contribution in [3.8, 4) is 11.4 Å². The maximum atomic E-state index is 8.59. The molecule has 2 heterocycles. The number of hydrogen-bond acceptors (Lipinski definition) is 4. The first-order chi connectivity index (χ1) is 7.97. The average Bonchev–Trinajstić information content (AvgIpc) is 2.29. The zero-order chi connectivity index (χ0) is 12.7. The fourth-order valence-corrected chi connectivity index (χ4v) is 1.12. The van der Waals surface area contributed by atoms with E-state index in [4.69, 9.17) is 15.9 Å². The first-order valence-electron chi connectivity index (χ1n) is 4.57. The summed E-state index contributed by atoms with van der Waals surface area (Å²) in [7, 11) is 0. The molecule has 2 aromatic rings. The molecule has 0 aromatic carbocycles. The molecule has 7 heteroatoms. The Morgan fingerprint density at radius 1 is 0.824 bits per heavy atom. The molecule has 0 amide bonds. The van der Waals surface area contributed by atoms with E-state index in [1.165, 1.54) is 0 Å². The first kappa shape index (κ1) is 13.4. The van der Waals surface area contributed by atoms with E-state index in [2.05, 4.69) is 9.97 Å². The molecule has 90 valence electrons. The van der Waals surface area contributed by atoms with E-state index in [1.807, 2.05) is 48.8 Å². The van der Waals surface area contributed by atoms with E-state index in [-0.39, 0.29) is 0 Å². The van der Waals surface area contributed by atoms with Crippen LogP contribution in [0.3, 0.4) is 0 Å². The van der Waals surface area contributed by atoms with Gasteiger partial charge in [-0.1, -0.05) is 0 Å². The van der Waals surface area contributed by atoms with Crippen LogP contribution >= 0.6 is 0 Å². The fraction of sp³-hybridized carbons (Fsp3) is 0. The smallest absolute Gasteiger partial charge is 0.206 e. The van der Waals surface area contributed by atoms with Crippen molar-refractivity contribution in [2.75, 3.05) is 0 Å². The molecule has 0 saturated heterocycles. The number of rotatable bonds is 1. The van der Waals surface area contributed by atoms with Gasteiger partial charge in [-0.05, 0) is 12.1 Å². The summed E-state index contributed by atoms with van der Waals surface area (Å²) in [5, 5.41) is 0. The maximum absolute atomic E-state index is 8.59. The van der Waals surface area contributed by atoms with Gasteiger partial charge < -0.3 is 0 Å². The summed E-state index contributed by atoms with van der Waals surface area (Å²) >= 11 is -5.75. The summed E-state index contributed by atoms with van der Waals surface area (Å²) in [5.41, 5.74) is 2.19. The Morgan fingerprint density at radius 3 is 1.41 bits per heavy atom. The predicted octanol–water partition coefficient (Wildman–Crippen LogP) is -1.64. The summed E-state index contributed by atoms with van der Waals surface area (Å²) < 4.78 is 34.4. The van der Waals surface area contributed by atoms with E-state index >= 15 is 0 Å². The van der Waals surface area contributed by atoms with Gasteiger partial charge in [0, 0.05) is 24.3 Å². The summed E-state index contributed by atoms with van der Waals surface area (Å²) in [4.78, 5) is 6.31. The number of nitrogens with one attached hydrogen (secondary N) is 2. The van der Waals surface area contributed by atoms with Crippen LogP contribution in [0.25, 0.3) is 11.4 Å². The summed E-state index contributed by atoms with van der Waals surface area (Å²) in [6.07, 6.45) is 3.83. The monoisotopic (exact) mass is 274 g/mol.